The second-order valence-corrected chi connectivity index (χ2v) is 4.97. The summed E-state index contributed by atoms with van der Waals surface area (Å²) in [4.78, 5) is 0. The van der Waals surface area contributed by atoms with E-state index in [1.54, 1.807) is 5.57 Å². The highest BCUT2D eigenvalue weighted by Gasteiger charge is 1.96. The standard InChI is InChI=1S/C17H30O/c1-5-16(10-7-9-15(3)4)11-8-12-17(6-2)13-14-18/h9,11,13,18H,5-8,10,12,14H2,1-4H3/b16-11+,17-13+. The predicted octanol–water partition coefficient (Wildman–Crippen LogP) is 5.18. The SMILES string of the molecule is CC/C(=C\CC/C(=C/CO)CC)CCC=C(C)C. The van der Waals surface area contributed by atoms with Crippen LogP contribution in [0.3, 0.4) is 0 Å². The van der Waals surface area contributed by atoms with Gasteiger partial charge in [0, 0.05) is 0 Å². The highest BCUT2D eigenvalue weighted by molar-refractivity contribution is 5.08. The van der Waals surface area contributed by atoms with Crippen molar-refractivity contribution in [3.8, 4) is 0 Å². The zero-order chi connectivity index (χ0) is 13.8. The Bertz CT molecular complexity index is 291. The Morgan fingerprint density at radius 1 is 0.833 bits per heavy atom. The van der Waals surface area contributed by atoms with Crippen LogP contribution in [0.2, 0.25) is 0 Å². The monoisotopic (exact) mass is 250 g/mol. The average molecular weight is 250 g/mol. The molecule has 18 heavy (non-hydrogen) atoms. The van der Waals surface area contributed by atoms with E-state index in [2.05, 4.69) is 39.8 Å². The Morgan fingerprint density at radius 2 is 1.33 bits per heavy atom. The van der Waals surface area contributed by atoms with Crippen LogP contribution in [0.15, 0.2) is 34.9 Å². The summed E-state index contributed by atoms with van der Waals surface area (Å²) in [5.41, 5.74) is 4.34. The van der Waals surface area contributed by atoms with E-state index < -0.39 is 0 Å². The first-order chi connectivity index (χ1) is 8.63. The molecule has 0 saturated heterocycles. The third-order valence-corrected chi connectivity index (χ3v) is 3.20. The maximum Gasteiger partial charge on any atom is 0.0615 e. The number of hydrogen-bond acceptors (Lipinski definition) is 1. The molecule has 0 spiro atoms. The Morgan fingerprint density at radius 3 is 1.78 bits per heavy atom. The van der Waals surface area contributed by atoms with Crippen LogP contribution in [0, 0.1) is 0 Å². The summed E-state index contributed by atoms with van der Waals surface area (Å²) in [6, 6.07) is 0. The number of allylic oxidation sites excluding steroid dienone is 5. The lowest BCUT2D eigenvalue weighted by atomic mass is 10.0. The second-order valence-electron chi connectivity index (χ2n) is 4.97. The lowest BCUT2D eigenvalue weighted by molar-refractivity contribution is 0.341. The molecule has 0 aliphatic carbocycles. The van der Waals surface area contributed by atoms with Crippen LogP contribution < -0.4 is 0 Å². The first-order valence-electron chi connectivity index (χ1n) is 7.24. The van der Waals surface area contributed by atoms with Gasteiger partial charge in [-0.3, -0.25) is 0 Å². The van der Waals surface area contributed by atoms with Crippen LogP contribution in [0.5, 0.6) is 0 Å². The van der Waals surface area contributed by atoms with Crippen LogP contribution in [0.25, 0.3) is 0 Å². The Kier molecular flexibility index (Phi) is 10.8. The molecular weight excluding hydrogens is 220 g/mol. The van der Waals surface area contributed by atoms with Crippen molar-refractivity contribution in [2.75, 3.05) is 6.61 Å². The fourth-order valence-electron chi connectivity index (χ4n) is 1.98. The van der Waals surface area contributed by atoms with E-state index in [9.17, 15) is 0 Å². The largest absolute Gasteiger partial charge is 0.392 e. The third-order valence-electron chi connectivity index (χ3n) is 3.20. The van der Waals surface area contributed by atoms with E-state index in [-0.39, 0.29) is 6.61 Å². The van der Waals surface area contributed by atoms with Gasteiger partial charge in [0.05, 0.1) is 6.61 Å². The van der Waals surface area contributed by atoms with Crippen LogP contribution in [-0.2, 0) is 0 Å². The van der Waals surface area contributed by atoms with E-state index in [4.69, 9.17) is 5.11 Å². The molecule has 0 aromatic heterocycles. The molecule has 0 atom stereocenters. The molecule has 0 amide bonds. The molecule has 0 saturated carbocycles. The molecule has 0 aliphatic rings. The highest BCUT2D eigenvalue weighted by atomic mass is 16.2. The zero-order valence-electron chi connectivity index (χ0n) is 12.6. The summed E-state index contributed by atoms with van der Waals surface area (Å²) in [6.07, 6.45) is 13.4. The van der Waals surface area contributed by atoms with Gasteiger partial charge in [-0.25, -0.2) is 0 Å². The molecule has 0 aliphatic heterocycles. The summed E-state index contributed by atoms with van der Waals surface area (Å²) in [7, 11) is 0. The summed E-state index contributed by atoms with van der Waals surface area (Å²) in [5.74, 6) is 0. The van der Waals surface area contributed by atoms with Crippen molar-refractivity contribution in [1.29, 1.82) is 0 Å². The van der Waals surface area contributed by atoms with Gasteiger partial charge in [-0.2, -0.15) is 0 Å². The smallest absolute Gasteiger partial charge is 0.0615 e. The van der Waals surface area contributed by atoms with Crippen LogP contribution >= 0.6 is 0 Å². The van der Waals surface area contributed by atoms with Gasteiger partial charge in [-0.05, 0) is 52.4 Å². The van der Waals surface area contributed by atoms with Crippen molar-refractivity contribution in [1.82, 2.24) is 0 Å². The van der Waals surface area contributed by atoms with E-state index >= 15 is 0 Å². The quantitative estimate of drug-likeness (QED) is 0.559. The van der Waals surface area contributed by atoms with Crippen molar-refractivity contribution < 1.29 is 5.11 Å². The minimum atomic E-state index is 0.175. The number of hydrogen-bond donors (Lipinski definition) is 1. The molecule has 0 bridgehead atoms. The van der Waals surface area contributed by atoms with E-state index in [1.165, 1.54) is 17.6 Å². The Hall–Kier alpha value is -0.820. The van der Waals surface area contributed by atoms with Gasteiger partial charge in [-0.15, -0.1) is 0 Å². The summed E-state index contributed by atoms with van der Waals surface area (Å²) in [6.45, 7) is 8.87. The maximum absolute atomic E-state index is 8.89. The average Bonchev–Trinajstić information content (AvgIpc) is 2.35. The van der Waals surface area contributed by atoms with E-state index in [1.807, 2.05) is 6.08 Å². The number of aliphatic hydroxyl groups excluding tert-OH is 1. The summed E-state index contributed by atoms with van der Waals surface area (Å²) < 4.78 is 0. The van der Waals surface area contributed by atoms with Gasteiger partial charge in [0.2, 0.25) is 0 Å². The van der Waals surface area contributed by atoms with Crippen molar-refractivity contribution in [2.24, 2.45) is 0 Å². The van der Waals surface area contributed by atoms with Gasteiger partial charge >= 0.3 is 0 Å². The first-order valence-corrected chi connectivity index (χ1v) is 7.24. The lowest BCUT2D eigenvalue weighted by Gasteiger charge is -2.05. The van der Waals surface area contributed by atoms with Crippen LogP contribution in [0.1, 0.15) is 66.2 Å². The van der Waals surface area contributed by atoms with Crippen molar-refractivity contribution in [3.63, 3.8) is 0 Å². The molecule has 0 fully saturated rings. The number of rotatable bonds is 9. The van der Waals surface area contributed by atoms with Gasteiger partial charge in [-0.1, -0.05) is 48.8 Å². The van der Waals surface area contributed by atoms with Gasteiger partial charge in [0.15, 0.2) is 0 Å². The van der Waals surface area contributed by atoms with Gasteiger partial charge < -0.3 is 5.11 Å². The van der Waals surface area contributed by atoms with Crippen molar-refractivity contribution >= 4 is 0 Å². The first kappa shape index (κ1) is 17.2. The molecule has 0 aromatic rings. The van der Waals surface area contributed by atoms with Gasteiger partial charge in [0.25, 0.3) is 0 Å². The van der Waals surface area contributed by atoms with Gasteiger partial charge in [0.1, 0.15) is 0 Å². The molecule has 0 heterocycles. The molecule has 1 nitrogen and oxygen atoms in total. The maximum atomic E-state index is 8.89. The molecule has 1 heteroatoms. The van der Waals surface area contributed by atoms with E-state index in [0.29, 0.717) is 0 Å². The third kappa shape index (κ3) is 9.23. The van der Waals surface area contributed by atoms with Crippen LogP contribution in [-0.4, -0.2) is 11.7 Å². The van der Waals surface area contributed by atoms with Crippen molar-refractivity contribution in [2.45, 2.75) is 66.2 Å². The molecule has 0 aromatic carbocycles. The highest BCUT2D eigenvalue weighted by Crippen LogP contribution is 2.15. The summed E-state index contributed by atoms with van der Waals surface area (Å²) in [5, 5.41) is 8.89. The summed E-state index contributed by atoms with van der Waals surface area (Å²) >= 11 is 0. The Labute approximate surface area is 113 Å². The zero-order valence-corrected chi connectivity index (χ0v) is 12.6. The van der Waals surface area contributed by atoms with E-state index in [0.717, 1.165) is 32.1 Å². The topological polar surface area (TPSA) is 20.2 Å². The molecule has 0 unspecified atom stereocenters. The molecule has 1 N–H and O–H groups in total. The van der Waals surface area contributed by atoms with Crippen LogP contribution in [0.4, 0.5) is 0 Å². The van der Waals surface area contributed by atoms with Crippen molar-refractivity contribution in [3.05, 3.63) is 34.9 Å². The lowest BCUT2D eigenvalue weighted by Crippen LogP contribution is -1.86. The number of aliphatic hydroxyl groups is 1. The minimum Gasteiger partial charge on any atom is -0.392 e. The molecule has 0 rings (SSSR count). The fraction of sp³-hybridized carbons (Fsp3) is 0.647. The Balaban J connectivity index is 4.11. The fourth-order valence-corrected chi connectivity index (χ4v) is 1.98. The molecular formula is C17H30O. The molecule has 0 radical (unpaired) electrons. The predicted molar refractivity (Wildman–Crippen MR) is 81.7 cm³/mol. The molecule has 104 valence electrons. The normalized spacial score (nSPS) is 12.7. The second kappa shape index (κ2) is 11.3. The minimum absolute atomic E-state index is 0.175.